The van der Waals surface area contributed by atoms with Crippen LogP contribution in [0.3, 0.4) is 0 Å². The number of benzene rings is 2. The van der Waals surface area contributed by atoms with Crippen molar-refractivity contribution in [3.63, 3.8) is 0 Å². The van der Waals surface area contributed by atoms with E-state index in [0.717, 1.165) is 55.7 Å². The Labute approximate surface area is 197 Å². The van der Waals surface area contributed by atoms with Gasteiger partial charge in [-0.05, 0) is 68.9 Å². The van der Waals surface area contributed by atoms with Crippen LogP contribution in [0.4, 0.5) is 0 Å². The summed E-state index contributed by atoms with van der Waals surface area (Å²) >= 11 is 0. The molecule has 1 aromatic heterocycles. The Bertz CT molecular complexity index is 1070. The second-order valence-electron chi connectivity index (χ2n) is 9.37. The first-order valence-corrected chi connectivity index (χ1v) is 12.5. The molecule has 4 rings (SSSR count). The molecule has 1 N–H and O–H groups in total. The van der Waals surface area contributed by atoms with Crippen molar-refractivity contribution in [2.75, 3.05) is 13.2 Å². The Balaban J connectivity index is 1.31. The smallest absolute Gasteiger partial charge is 0.223 e. The van der Waals surface area contributed by atoms with Gasteiger partial charge in [-0.1, -0.05) is 43.5 Å². The monoisotopic (exact) mass is 447 g/mol. The van der Waals surface area contributed by atoms with Crippen molar-refractivity contribution >= 4 is 16.9 Å². The average molecular weight is 448 g/mol. The molecular weight excluding hydrogens is 410 g/mol. The number of amides is 1. The number of aromatic nitrogens is 2. The highest BCUT2D eigenvalue weighted by Gasteiger charge is 2.20. The summed E-state index contributed by atoms with van der Waals surface area (Å²) in [6.45, 7) is 6.44. The Morgan fingerprint density at radius 3 is 2.76 bits per heavy atom. The number of hydrogen-bond donors (Lipinski definition) is 1. The van der Waals surface area contributed by atoms with Crippen LogP contribution in [0, 0.1) is 19.8 Å². The Hall–Kier alpha value is -2.82. The van der Waals surface area contributed by atoms with Crippen LogP contribution in [-0.4, -0.2) is 28.6 Å². The fourth-order valence-electron chi connectivity index (χ4n) is 4.80. The van der Waals surface area contributed by atoms with Crippen LogP contribution < -0.4 is 10.1 Å². The normalized spacial score (nSPS) is 14.5. The van der Waals surface area contributed by atoms with Crippen LogP contribution >= 0.6 is 0 Å². The Morgan fingerprint density at radius 1 is 1.09 bits per heavy atom. The zero-order valence-electron chi connectivity index (χ0n) is 20.1. The molecule has 1 saturated carbocycles. The maximum absolute atomic E-state index is 12.4. The van der Waals surface area contributed by atoms with Gasteiger partial charge in [0.25, 0.3) is 0 Å². The molecule has 0 saturated heterocycles. The van der Waals surface area contributed by atoms with Crippen LogP contribution in [0.1, 0.15) is 61.9 Å². The highest BCUT2D eigenvalue weighted by atomic mass is 16.5. The first-order valence-electron chi connectivity index (χ1n) is 12.5. The molecule has 1 aliphatic rings. The van der Waals surface area contributed by atoms with Crippen LogP contribution in [0.15, 0.2) is 42.5 Å². The average Bonchev–Trinajstić information content (AvgIpc) is 3.19. The van der Waals surface area contributed by atoms with Crippen molar-refractivity contribution < 1.29 is 9.53 Å². The van der Waals surface area contributed by atoms with Crippen molar-refractivity contribution in [1.82, 2.24) is 14.9 Å². The number of fused-ring (bicyclic) bond motifs is 1. The summed E-state index contributed by atoms with van der Waals surface area (Å²) in [6.07, 6.45) is 8.43. The molecule has 0 radical (unpaired) electrons. The first-order chi connectivity index (χ1) is 16.1. The van der Waals surface area contributed by atoms with E-state index >= 15 is 0 Å². The third-order valence-electron chi connectivity index (χ3n) is 6.71. The number of para-hydroxylation sites is 2. The predicted octanol–water partition coefficient (Wildman–Crippen LogP) is 5.75. The number of hydrogen-bond acceptors (Lipinski definition) is 3. The van der Waals surface area contributed by atoms with Gasteiger partial charge in [0.2, 0.25) is 5.91 Å². The fraction of sp³-hybridized carbons (Fsp3) is 0.500. The van der Waals surface area contributed by atoms with Gasteiger partial charge in [0.1, 0.15) is 11.6 Å². The van der Waals surface area contributed by atoms with E-state index in [0.29, 0.717) is 13.2 Å². The molecular formula is C28H37N3O2. The molecule has 1 fully saturated rings. The van der Waals surface area contributed by atoms with Gasteiger partial charge in [-0.25, -0.2) is 4.98 Å². The van der Waals surface area contributed by atoms with Crippen molar-refractivity contribution in [2.24, 2.45) is 5.92 Å². The quantitative estimate of drug-likeness (QED) is 0.403. The number of aryl methyl sites for hydroxylation is 4. The maximum atomic E-state index is 12.4. The third-order valence-corrected chi connectivity index (χ3v) is 6.71. The fourth-order valence-corrected chi connectivity index (χ4v) is 4.80. The molecule has 0 unspecified atom stereocenters. The number of carbonyl (C=O) groups is 1. The minimum atomic E-state index is 0.223. The van der Waals surface area contributed by atoms with Crippen LogP contribution in [0.5, 0.6) is 5.75 Å². The number of carbonyl (C=O) groups excluding carboxylic acids is 1. The molecule has 1 aliphatic carbocycles. The predicted molar refractivity (Wildman–Crippen MR) is 134 cm³/mol. The standard InChI is InChI=1S/C28H37N3O2/c1-21-15-16-22(2)26(20-21)33-19-9-18-31-25-13-7-6-12-24(25)30-27(31)14-8-17-29-28(32)23-10-4-3-5-11-23/h6-7,12-13,15-16,20,23H,3-5,8-11,14,17-19H2,1-2H3,(H,29,32). The maximum Gasteiger partial charge on any atom is 0.223 e. The van der Waals surface area contributed by atoms with E-state index in [1.54, 1.807) is 0 Å². The van der Waals surface area contributed by atoms with Crippen molar-refractivity contribution in [1.29, 1.82) is 0 Å². The Morgan fingerprint density at radius 2 is 1.91 bits per heavy atom. The van der Waals surface area contributed by atoms with Gasteiger partial charge in [-0.3, -0.25) is 4.79 Å². The molecule has 3 aromatic rings. The van der Waals surface area contributed by atoms with Gasteiger partial charge in [0.05, 0.1) is 17.6 Å². The van der Waals surface area contributed by atoms with Crippen LogP contribution in [0.25, 0.3) is 11.0 Å². The van der Waals surface area contributed by atoms with E-state index in [1.807, 2.05) is 6.07 Å². The van der Waals surface area contributed by atoms with Gasteiger partial charge in [0.15, 0.2) is 0 Å². The van der Waals surface area contributed by atoms with E-state index in [-0.39, 0.29) is 11.8 Å². The lowest BCUT2D eigenvalue weighted by Crippen LogP contribution is -2.32. The highest BCUT2D eigenvalue weighted by Crippen LogP contribution is 2.24. The lowest BCUT2D eigenvalue weighted by Gasteiger charge is -2.20. The van der Waals surface area contributed by atoms with Gasteiger partial charge in [-0.2, -0.15) is 0 Å². The zero-order chi connectivity index (χ0) is 23.0. The van der Waals surface area contributed by atoms with E-state index in [2.05, 4.69) is 60.1 Å². The van der Waals surface area contributed by atoms with E-state index in [1.165, 1.54) is 35.9 Å². The number of nitrogens with zero attached hydrogens (tertiary/aromatic N) is 2. The minimum absolute atomic E-state index is 0.223. The molecule has 176 valence electrons. The van der Waals surface area contributed by atoms with Gasteiger partial charge < -0.3 is 14.6 Å². The zero-order valence-corrected chi connectivity index (χ0v) is 20.1. The number of imidazole rings is 1. The summed E-state index contributed by atoms with van der Waals surface area (Å²) in [5.41, 5.74) is 4.60. The third kappa shape index (κ3) is 6.16. The summed E-state index contributed by atoms with van der Waals surface area (Å²) in [7, 11) is 0. The first kappa shape index (κ1) is 23.3. The summed E-state index contributed by atoms with van der Waals surface area (Å²) < 4.78 is 8.39. The second kappa shape index (κ2) is 11.4. The molecule has 5 nitrogen and oxygen atoms in total. The summed E-state index contributed by atoms with van der Waals surface area (Å²) in [6, 6.07) is 14.7. The largest absolute Gasteiger partial charge is 0.493 e. The second-order valence-corrected chi connectivity index (χ2v) is 9.37. The van der Waals surface area contributed by atoms with Crippen molar-refractivity contribution in [3.05, 3.63) is 59.4 Å². The molecule has 0 aliphatic heterocycles. The van der Waals surface area contributed by atoms with Gasteiger partial charge in [-0.15, -0.1) is 0 Å². The van der Waals surface area contributed by atoms with E-state index in [4.69, 9.17) is 9.72 Å². The SMILES string of the molecule is Cc1ccc(C)c(OCCCn2c(CCCNC(=O)C3CCCCC3)nc3ccccc32)c1. The van der Waals surface area contributed by atoms with Crippen LogP contribution in [-0.2, 0) is 17.8 Å². The molecule has 33 heavy (non-hydrogen) atoms. The molecule has 0 atom stereocenters. The van der Waals surface area contributed by atoms with E-state index < -0.39 is 0 Å². The summed E-state index contributed by atoms with van der Waals surface area (Å²) in [4.78, 5) is 17.3. The molecule has 5 heteroatoms. The number of ether oxygens (including phenoxy) is 1. The van der Waals surface area contributed by atoms with E-state index in [9.17, 15) is 4.79 Å². The van der Waals surface area contributed by atoms with Gasteiger partial charge in [0, 0.05) is 25.4 Å². The van der Waals surface area contributed by atoms with Crippen molar-refractivity contribution in [2.45, 2.75) is 71.8 Å². The summed E-state index contributed by atoms with van der Waals surface area (Å²) in [5, 5.41) is 3.16. The van der Waals surface area contributed by atoms with Gasteiger partial charge >= 0.3 is 0 Å². The molecule has 2 aromatic carbocycles. The lowest BCUT2D eigenvalue weighted by atomic mass is 9.89. The molecule has 0 spiro atoms. The molecule has 1 amide bonds. The Kier molecular flexibility index (Phi) is 8.03. The summed E-state index contributed by atoms with van der Waals surface area (Å²) in [5.74, 6) is 2.53. The molecule has 0 bridgehead atoms. The molecule has 1 heterocycles. The lowest BCUT2D eigenvalue weighted by molar-refractivity contribution is -0.125. The number of nitrogens with one attached hydrogen (secondary N) is 1. The van der Waals surface area contributed by atoms with Crippen molar-refractivity contribution in [3.8, 4) is 5.75 Å². The highest BCUT2D eigenvalue weighted by molar-refractivity contribution is 5.78. The number of rotatable bonds is 10. The van der Waals surface area contributed by atoms with Crippen LogP contribution in [0.2, 0.25) is 0 Å². The minimum Gasteiger partial charge on any atom is -0.493 e. The topological polar surface area (TPSA) is 56.1 Å².